The Morgan fingerprint density at radius 2 is 2.05 bits per heavy atom. The summed E-state index contributed by atoms with van der Waals surface area (Å²) in [5.74, 6) is -3.65. The van der Waals surface area contributed by atoms with Crippen LogP contribution in [0.2, 0.25) is 0 Å². The molecule has 2 aliphatic rings. The van der Waals surface area contributed by atoms with E-state index in [1.54, 1.807) is 17.9 Å². The van der Waals surface area contributed by atoms with E-state index in [-0.39, 0.29) is 38.0 Å². The lowest BCUT2D eigenvalue weighted by Crippen LogP contribution is -2.25. The van der Waals surface area contributed by atoms with Crippen LogP contribution in [0.5, 0.6) is 11.6 Å². The summed E-state index contributed by atoms with van der Waals surface area (Å²) in [7, 11) is 1.45. The van der Waals surface area contributed by atoms with Gasteiger partial charge in [0.15, 0.2) is 0 Å². The molecule has 3 heterocycles. The van der Waals surface area contributed by atoms with Gasteiger partial charge in [0.1, 0.15) is 17.7 Å². The Morgan fingerprint density at radius 1 is 1.23 bits per heavy atom. The van der Waals surface area contributed by atoms with Crippen molar-refractivity contribution in [3.05, 3.63) is 76.7 Å². The van der Waals surface area contributed by atoms with Crippen LogP contribution in [0.4, 0.5) is 13.2 Å². The molecular weight excluding hydrogens is 509 g/mol. The molecule has 9 heteroatoms. The van der Waals surface area contributed by atoms with E-state index in [0.717, 1.165) is 47.0 Å². The Hall–Kier alpha value is -3.59. The first-order chi connectivity index (χ1) is 18.6. The van der Waals surface area contributed by atoms with Crippen LogP contribution in [0.25, 0.3) is 11.1 Å². The minimum Gasteiger partial charge on any atom is -0.485 e. The monoisotopic (exact) mass is 540 g/mol. The van der Waals surface area contributed by atoms with Gasteiger partial charge in [0, 0.05) is 31.1 Å². The van der Waals surface area contributed by atoms with E-state index in [1.165, 1.54) is 13.2 Å². The summed E-state index contributed by atoms with van der Waals surface area (Å²) < 4.78 is 54.4. The molecule has 0 bridgehead atoms. The number of rotatable bonds is 8. The summed E-state index contributed by atoms with van der Waals surface area (Å²) in [5, 5.41) is 9.27. The fraction of sp³-hybridized carbons (Fsp3) is 0.400. The van der Waals surface area contributed by atoms with Crippen LogP contribution >= 0.6 is 0 Å². The number of carboxylic acid groups (broad SMARTS) is 1. The second-order valence-electron chi connectivity index (χ2n) is 10.5. The van der Waals surface area contributed by atoms with Crippen molar-refractivity contribution in [1.82, 2.24) is 9.88 Å². The molecule has 1 fully saturated rings. The summed E-state index contributed by atoms with van der Waals surface area (Å²) in [6.45, 7) is 1.82. The molecule has 3 aromatic rings. The number of halogens is 3. The molecule has 0 aliphatic carbocycles. The SMILES string of the molecule is COc1cc(-c2ccc(C3CCc4ccc(CC(C)C(=O)O)cc4O3)cc2CN2CCC(F)(F)C2)c(F)cn1. The van der Waals surface area contributed by atoms with E-state index < -0.39 is 23.6 Å². The molecule has 2 aromatic carbocycles. The zero-order valence-corrected chi connectivity index (χ0v) is 21.9. The average Bonchev–Trinajstić information content (AvgIpc) is 3.26. The van der Waals surface area contributed by atoms with Crippen molar-refractivity contribution < 1.29 is 32.5 Å². The second-order valence-corrected chi connectivity index (χ2v) is 10.5. The zero-order chi connectivity index (χ0) is 27.7. The molecule has 1 aromatic heterocycles. The Kier molecular flexibility index (Phi) is 7.53. The number of pyridine rings is 1. The number of carbonyl (C=O) groups is 1. The smallest absolute Gasteiger partial charge is 0.306 e. The molecule has 1 saturated heterocycles. The van der Waals surface area contributed by atoms with E-state index >= 15 is 0 Å². The molecule has 6 nitrogen and oxygen atoms in total. The number of aromatic nitrogens is 1. The van der Waals surface area contributed by atoms with Crippen molar-refractivity contribution in [2.45, 2.75) is 51.2 Å². The molecule has 2 unspecified atom stereocenters. The van der Waals surface area contributed by atoms with Crippen molar-refractivity contribution in [2.75, 3.05) is 20.2 Å². The van der Waals surface area contributed by atoms with Gasteiger partial charge in [0.05, 0.1) is 25.8 Å². The van der Waals surface area contributed by atoms with Crippen molar-refractivity contribution >= 4 is 5.97 Å². The average molecular weight is 541 g/mol. The third kappa shape index (κ3) is 6.03. The standard InChI is InChI=1S/C30H31F3N2O4/c1-18(29(36)37)11-19-3-4-20-6-8-26(39-27(20)12-19)21-5-7-23(24-14-28(38-2)34-15-25(24)31)22(13-21)16-35-10-9-30(32,33)17-35/h3-5,7,12-15,18,26H,6,8-11,16-17H2,1-2H3,(H,36,37). The van der Waals surface area contributed by atoms with Gasteiger partial charge in [0.25, 0.3) is 5.92 Å². The molecule has 0 spiro atoms. The largest absolute Gasteiger partial charge is 0.485 e. The Morgan fingerprint density at radius 3 is 2.77 bits per heavy atom. The van der Waals surface area contributed by atoms with E-state index in [1.807, 2.05) is 30.3 Å². The van der Waals surface area contributed by atoms with Gasteiger partial charge in [0.2, 0.25) is 5.88 Å². The third-order valence-electron chi connectivity index (χ3n) is 7.51. The molecule has 1 N–H and O–H groups in total. The van der Waals surface area contributed by atoms with Gasteiger partial charge in [-0.2, -0.15) is 0 Å². The number of alkyl halides is 2. The molecule has 5 rings (SSSR count). The number of nitrogens with zero attached hydrogens (tertiary/aromatic N) is 2. The summed E-state index contributed by atoms with van der Waals surface area (Å²) in [4.78, 5) is 16.9. The lowest BCUT2D eigenvalue weighted by atomic mass is 9.91. The number of hydrogen-bond acceptors (Lipinski definition) is 5. The molecule has 206 valence electrons. The topological polar surface area (TPSA) is 71.9 Å². The Bertz CT molecular complexity index is 1380. The fourth-order valence-corrected chi connectivity index (χ4v) is 5.34. The van der Waals surface area contributed by atoms with Gasteiger partial charge in [-0.05, 0) is 53.1 Å². The number of aliphatic carboxylic acids is 1. The maximum absolute atomic E-state index is 14.9. The number of benzene rings is 2. The highest BCUT2D eigenvalue weighted by molar-refractivity contribution is 5.70. The van der Waals surface area contributed by atoms with Crippen LogP contribution < -0.4 is 9.47 Å². The zero-order valence-electron chi connectivity index (χ0n) is 21.9. The van der Waals surface area contributed by atoms with Crippen LogP contribution in [0, 0.1) is 11.7 Å². The van der Waals surface area contributed by atoms with Gasteiger partial charge < -0.3 is 14.6 Å². The predicted octanol–water partition coefficient (Wildman–Crippen LogP) is 6.07. The number of ether oxygens (including phenoxy) is 2. The highest BCUT2D eigenvalue weighted by atomic mass is 19.3. The Labute approximate surface area is 225 Å². The minimum atomic E-state index is -2.74. The van der Waals surface area contributed by atoms with Gasteiger partial charge in [-0.25, -0.2) is 18.2 Å². The van der Waals surface area contributed by atoms with Gasteiger partial charge in [-0.1, -0.05) is 37.3 Å². The first-order valence-corrected chi connectivity index (χ1v) is 13.1. The van der Waals surface area contributed by atoms with Crippen molar-refractivity contribution in [3.63, 3.8) is 0 Å². The predicted molar refractivity (Wildman–Crippen MR) is 140 cm³/mol. The highest BCUT2D eigenvalue weighted by Gasteiger charge is 2.38. The number of aryl methyl sites for hydroxylation is 1. The maximum atomic E-state index is 14.9. The first-order valence-electron chi connectivity index (χ1n) is 13.1. The van der Waals surface area contributed by atoms with E-state index in [2.05, 4.69) is 4.98 Å². The number of fused-ring (bicyclic) bond motifs is 1. The fourth-order valence-electron chi connectivity index (χ4n) is 5.34. The van der Waals surface area contributed by atoms with Crippen LogP contribution in [0.15, 0.2) is 48.7 Å². The molecule has 0 radical (unpaired) electrons. The van der Waals surface area contributed by atoms with Gasteiger partial charge >= 0.3 is 5.97 Å². The van der Waals surface area contributed by atoms with Crippen LogP contribution in [-0.4, -0.2) is 47.1 Å². The molecule has 2 atom stereocenters. The maximum Gasteiger partial charge on any atom is 0.306 e. The van der Waals surface area contributed by atoms with E-state index in [0.29, 0.717) is 17.5 Å². The van der Waals surface area contributed by atoms with Crippen molar-refractivity contribution in [1.29, 1.82) is 0 Å². The number of carboxylic acids is 1. The van der Waals surface area contributed by atoms with Crippen LogP contribution in [-0.2, 0) is 24.2 Å². The van der Waals surface area contributed by atoms with Crippen molar-refractivity contribution in [3.8, 4) is 22.8 Å². The summed E-state index contributed by atoms with van der Waals surface area (Å²) in [6, 6.07) is 13.0. The number of hydrogen-bond donors (Lipinski definition) is 1. The normalized spacial score (nSPS) is 19.3. The summed E-state index contributed by atoms with van der Waals surface area (Å²) in [5.41, 5.74) is 4.42. The molecule has 39 heavy (non-hydrogen) atoms. The van der Waals surface area contributed by atoms with E-state index in [9.17, 15) is 23.1 Å². The molecule has 0 amide bonds. The summed E-state index contributed by atoms with van der Waals surface area (Å²) in [6.07, 6.45) is 2.51. The van der Waals surface area contributed by atoms with Crippen molar-refractivity contribution in [2.24, 2.45) is 5.92 Å². The first kappa shape index (κ1) is 27.0. The molecule has 0 saturated carbocycles. The number of methoxy groups -OCH3 is 1. The number of likely N-dealkylation sites (tertiary alicyclic amines) is 1. The third-order valence-corrected chi connectivity index (χ3v) is 7.51. The van der Waals surface area contributed by atoms with E-state index in [4.69, 9.17) is 9.47 Å². The second kappa shape index (κ2) is 10.9. The quantitative estimate of drug-likeness (QED) is 0.374. The lowest BCUT2D eigenvalue weighted by molar-refractivity contribution is -0.141. The molecular formula is C30H31F3N2O4. The van der Waals surface area contributed by atoms with Crippen LogP contribution in [0.1, 0.15) is 48.1 Å². The minimum absolute atomic E-state index is 0.204. The lowest BCUT2D eigenvalue weighted by Gasteiger charge is -2.28. The highest BCUT2D eigenvalue weighted by Crippen LogP contribution is 2.39. The summed E-state index contributed by atoms with van der Waals surface area (Å²) >= 11 is 0. The van der Waals surface area contributed by atoms with Crippen LogP contribution in [0.3, 0.4) is 0 Å². The van der Waals surface area contributed by atoms with Gasteiger partial charge in [-0.3, -0.25) is 9.69 Å². The Balaban J connectivity index is 1.46. The molecule has 2 aliphatic heterocycles. The van der Waals surface area contributed by atoms with Gasteiger partial charge in [-0.15, -0.1) is 0 Å².